The Morgan fingerprint density at radius 1 is 1.00 bits per heavy atom. The van der Waals surface area contributed by atoms with Gasteiger partial charge in [-0.3, -0.25) is 4.79 Å². The number of halogens is 2. The first-order valence-electron chi connectivity index (χ1n) is 8.85. The molecule has 0 atom stereocenters. The Hall–Kier alpha value is -1.11. The molecule has 3 aliphatic heterocycles. The van der Waals surface area contributed by atoms with E-state index in [0.717, 1.165) is 57.9 Å². The monoisotopic (exact) mass is 387 g/mol. The second-order valence-electron chi connectivity index (χ2n) is 7.19. The number of amides is 1. The molecule has 4 heterocycles. The molecule has 8 heteroatoms. The van der Waals surface area contributed by atoms with Crippen molar-refractivity contribution in [2.45, 2.75) is 32.1 Å². The normalized spacial score (nSPS) is 21.8. The minimum Gasteiger partial charge on any atom is -0.355 e. The van der Waals surface area contributed by atoms with Crippen molar-refractivity contribution in [2.24, 2.45) is 5.41 Å². The van der Waals surface area contributed by atoms with Crippen LogP contribution in [0.25, 0.3) is 0 Å². The SMILES string of the molecule is Cl.Cl.O=C(c1ccc(N2CCCC2)nn1)N1CCC2(CCNC2)CC1. The molecule has 1 aromatic heterocycles. The van der Waals surface area contributed by atoms with E-state index in [1.807, 2.05) is 17.0 Å². The number of anilines is 1. The van der Waals surface area contributed by atoms with Crippen molar-refractivity contribution in [2.75, 3.05) is 44.2 Å². The number of hydrogen-bond donors (Lipinski definition) is 1. The second-order valence-corrected chi connectivity index (χ2v) is 7.19. The summed E-state index contributed by atoms with van der Waals surface area (Å²) in [6, 6.07) is 3.78. The summed E-state index contributed by atoms with van der Waals surface area (Å²) in [4.78, 5) is 16.8. The summed E-state index contributed by atoms with van der Waals surface area (Å²) in [6.07, 6.45) is 5.88. The summed E-state index contributed by atoms with van der Waals surface area (Å²) < 4.78 is 0. The number of likely N-dealkylation sites (tertiary alicyclic amines) is 1. The van der Waals surface area contributed by atoms with Gasteiger partial charge in [-0.1, -0.05) is 0 Å². The van der Waals surface area contributed by atoms with Crippen LogP contribution in [-0.4, -0.2) is 60.3 Å². The lowest BCUT2D eigenvalue weighted by Crippen LogP contribution is -2.44. The largest absolute Gasteiger partial charge is 0.355 e. The van der Waals surface area contributed by atoms with Gasteiger partial charge in [0.05, 0.1) is 0 Å². The molecule has 25 heavy (non-hydrogen) atoms. The smallest absolute Gasteiger partial charge is 0.274 e. The van der Waals surface area contributed by atoms with Crippen molar-refractivity contribution in [3.05, 3.63) is 17.8 Å². The van der Waals surface area contributed by atoms with Gasteiger partial charge in [-0.25, -0.2) is 0 Å². The summed E-state index contributed by atoms with van der Waals surface area (Å²) in [5.41, 5.74) is 0.913. The molecule has 1 spiro atoms. The first-order chi connectivity index (χ1) is 11.3. The fourth-order valence-electron chi connectivity index (χ4n) is 4.12. The Balaban J connectivity index is 0.00000113. The maximum Gasteiger partial charge on any atom is 0.274 e. The van der Waals surface area contributed by atoms with Gasteiger partial charge >= 0.3 is 0 Å². The second kappa shape index (κ2) is 8.52. The predicted molar refractivity (Wildman–Crippen MR) is 103 cm³/mol. The minimum absolute atomic E-state index is 0. The Kier molecular flexibility index (Phi) is 6.88. The van der Waals surface area contributed by atoms with Gasteiger partial charge in [-0.05, 0) is 56.2 Å². The molecule has 140 valence electrons. The number of aromatic nitrogens is 2. The number of hydrogen-bond acceptors (Lipinski definition) is 5. The van der Waals surface area contributed by atoms with Crippen LogP contribution in [-0.2, 0) is 0 Å². The lowest BCUT2D eigenvalue weighted by molar-refractivity contribution is 0.0601. The van der Waals surface area contributed by atoms with Crippen molar-refractivity contribution in [1.29, 1.82) is 0 Å². The molecule has 3 fully saturated rings. The third-order valence-electron chi connectivity index (χ3n) is 5.74. The Bertz CT molecular complexity index is 561. The molecule has 0 aromatic carbocycles. The highest BCUT2D eigenvalue weighted by Gasteiger charge is 2.38. The van der Waals surface area contributed by atoms with Crippen LogP contribution in [0.4, 0.5) is 5.82 Å². The van der Waals surface area contributed by atoms with E-state index in [0.29, 0.717) is 11.1 Å². The quantitative estimate of drug-likeness (QED) is 0.841. The molecule has 3 aliphatic rings. The third-order valence-corrected chi connectivity index (χ3v) is 5.74. The molecule has 6 nitrogen and oxygen atoms in total. The Morgan fingerprint density at radius 2 is 1.72 bits per heavy atom. The lowest BCUT2D eigenvalue weighted by Gasteiger charge is -2.38. The van der Waals surface area contributed by atoms with E-state index in [-0.39, 0.29) is 30.7 Å². The molecule has 4 rings (SSSR count). The van der Waals surface area contributed by atoms with Crippen LogP contribution in [0.1, 0.15) is 42.6 Å². The van der Waals surface area contributed by atoms with Crippen molar-refractivity contribution < 1.29 is 4.79 Å². The van der Waals surface area contributed by atoms with Crippen LogP contribution < -0.4 is 10.2 Å². The fourth-order valence-corrected chi connectivity index (χ4v) is 4.12. The van der Waals surface area contributed by atoms with Gasteiger partial charge in [0, 0.05) is 32.7 Å². The first kappa shape index (κ1) is 20.2. The zero-order chi connectivity index (χ0) is 15.7. The van der Waals surface area contributed by atoms with Crippen LogP contribution in [0.15, 0.2) is 12.1 Å². The molecule has 0 radical (unpaired) electrons. The number of nitrogens with zero attached hydrogens (tertiary/aromatic N) is 4. The topological polar surface area (TPSA) is 61.4 Å². The molecular weight excluding hydrogens is 361 g/mol. The van der Waals surface area contributed by atoms with Crippen LogP contribution >= 0.6 is 24.8 Å². The number of carbonyl (C=O) groups excluding carboxylic acids is 1. The van der Waals surface area contributed by atoms with Gasteiger partial charge in [0.15, 0.2) is 11.5 Å². The van der Waals surface area contributed by atoms with Crippen molar-refractivity contribution in [3.63, 3.8) is 0 Å². The van der Waals surface area contributed by atoms with Crippen molar-refractivity contribution in [3.8, 4) is 0 Å². The highest BCUT2D eigenvalue weighted by atomic mass is 35.5. The highest BCUT2D eigenvalue weighted by molar-refractivity contribution is 5.92. The molecule has 0 unspecified atom stereocenters. The van der Waals surface area contributed by atoms with Gasteiger partial charge in [0.1, 0.15) is 0 Å². The average molecular weight is 388 g/mol. The van der Waals surface area contributed by atoms with Crippen LogP contribution in [0.5, 0.6) is 0 Å². The van der Waals surface area contributed by atoms with Gasteiger partial charge in [-0.2, -0.15) is 0 Å². The number of piperidine rings is 1. The van der Waals surface area contributed by atoms with Gasteiger partial charge in [0.2, 0.25) is 0 Å². The molecule has 1 aromatic rings. The van der Waals surface area contributed by atoms with E-state index in [1.54, 1.807) is 0 Å². The molecule has 3 saturated heterocycles. The van der Waals surface area contributed by atoms with Crippen molar-refractivity contribution >= 4 is 36.5 Å². The lowest BCUT2D eigenvalue weighted by atomic mass is 9.78. The summed E-state index contributed by atoms with van der Waals surface area (Å²) in [5.74, 6) is 0.931. The molecule has 0 saturated carbocycles. The van der Waals surface area contributed by atoms with E-state index in [1.165, 1.54) is 19.3 Å². The Morgan fingerprint density at radius 3 is 2.28 bits per heavy atom. The fraction of sp³-hybridized carbons (Fsp3) is 0.706. The van der Waals surface area contributed by atoms with E-state index in [9.17, 15) is 4.79 Å². The first-order valence-corrected chi connectivity index (χ1v) is 8.85. The number of rotatable bonds is 2. The highest BCUT2D eigenvalue weighted by Crippen LogP contribution is 2.37. The van der Waals surface area contributed by atoms with E-state index in [4.69, 9.17) is 0 Å². The van der Waals surface area contributed by atoms with Crippen LogP contribution in [0, 0.1) is 5.41 Å². The molecule has 1 N–H and O–H groups in total. The van der Waals surface area contributed by atoms with Gasteiger partial charge in [-0.15, -0.1) is 35.0 Å². The zero-order valence-corrected chi connectivity index (χ0v) is 16.1. The van der Waals surface area contributed by atoms with Gasteiger partial charge < -0.3 is 15.1 Å². The summed E-state index contributed by atoms with van der Waals surface area (Å²) in [7, 11) is 0. The Labute approximate surface area is 161 Å². The van der Waals surface area contributed by atoms with Gasteiger partial charge in [0.25, 0.3) is 5.91 Å². The minimum atomic E-state index is 0. The summed E-state index contributed by atoms with van der Waals surface area (Å²) in [6.45, 7) is 6.01. The number of nitrogens with one attached hydrogen (secondary N) is 1. The molecule has 1 amide bonds. The average Bonchev–Trinajstić information content (AvgIpc) is 3.28. The summed E-state index contributed by atoms with van der Waals surface area (Å²) in [5, 5.41) is 11.9. The maximum absolute atomic E-state index is 12.6. The predicted octanol–water partition coefficient (Wildman–Crippen LogP) is 2.14. The zero-order valence-electron chi connectivity index (χ0n) is 14.4. The third kappa shape index (κ3) is 4.18. The van der Waals surface area contributed by atoms with E-state index in [2.05, 4.69) is 20.4 Å². The molecule has 0 bridgehead atoms. The maximum atomic E-state index is 12.6. The molecule has 0 aliphatic carbocycles. The van der Waals surface area contributed by atoms with E-state index < -0.39 is 0 Å². The summed E-state index contributed by atoms with van der Waals surface area (Å²) >= 11 is 0. The van der Waals surface area contributed by atoms with Crippen molar-refractivity contribution in [1.82, 2.24) is 20.4 Å². The van der Waals surface area contributed by atoms with Crippen LogP contribution in [0.2, 0.25) is 0 Å². The number of carbonyl (C=O) groups is 1. The van der Waals surface area contributed by atoms with E-state index >= 15 is 0 Å². The van der Waals surface area contributed by atoms with Crippen LogP contribution in [0.3, 0.4) is 0 Å². The standard InChI is InChI=1S/C17H25N5O.2ClH/c23-16(22-11-6-17(7-12-22)5-8-18-13-17)14-3-4-15(20-19-14)21-9-1-2-10-21;;/h3-4,18H,1-2,5-13H2;2*1H. The molecular formula is C17H27Cl2N5O.